The Balaban J connectivity index is 1.78. The number of likely N-dealkylation sites (N-methyl/N-ethyl adjacent to an activating group) is 1. The van der Waals surface area contributed by atoms with Gasteiger partial charge in [0.25, 0.3) is 0 Å². The van der Waals surface area contributed by atoms with Crippen LogP contribution in [-0.2, 0) is 0 Å². The lowest BCUT2D eigenvalue weighted by Crippen LogP contribution is -2.47. The number of hydrogen-bond donors (Lipinski definition) is 1. The van der Waals surface area contributed by atoms with Crippen molar-refractivity contribution in [2.24, 2.45) is 0 Å². The third kappa shape index (κ3) is 3.30. The number of aromatic nitrogens is 3. The Labute approximate surface area is 159 Å². The molecule has 9 heteroatoms. The third-order valence-electron chi connectivity index (χ3n) is 5.03. The molecule has 6 nitrogen and oxygen atoms in total. The van der Waals surface area contributed by atoms with Crippen LogP contribution in [0.2, 0.25) is 0 Å². The van der Waals surface area contributed by atoms with E-state index in [-0.39, 0.29) is 11.9 Å². The van der Waals surface area contributed by atoms with Gasteiger partial charge in [0.2, 0.25) is 10.8 Å². The second-order valence-corrected chi connectivity index (χ2v) is 7.70. The lowest BCUT2D eigenvalue weighted by molar-refractivity contribution is 0.113. The summed E-state index contributed by atoms with van der Waals surface area (Å²) < 4.78 is 28.8. The molecule has 1 saturated heterocycles. The summed E-state index contributed by atoms with van der Waals surface area (Å²) in [6.07, 6.45) is 0. The van der Waals surface area contributed by atoms with Gasteiger partial charge in [-0.05, 0) is 31.2 Å². The fourth-order valence-corrected chi connectivity index (χ4v) is 4.74. The molecule has 0 unspecified atom stereocenters. The summed E-state index contributed by atoms with van der Waals surface area (Å²) in [6.45, 7) is 8.17. The first kappa shape index (κ1) is 18.3. The summed E-state index contributed by atoms with van der Waals surface area (Å²) >= 11 is 1.33. The first-order chi connectivity index (χ1) is 13.0. The predicted molar refractivity (Wildman–Crippen MR) is 99.2 cm³/mol. The number of hydrogen-bond acceptors (Lipinski definition) is 6. The first-order valence-electron chi connectivity index (χ1n) is 8.94. The molecule has 1 atom stereocenters. The maximum atomic E-state index is 13.9. The number of aryl methyl sites for hydroxylation is 1. The molecule has 1 fully saturated rings. The Bertz CT molecular complexity index is 964. The van der Waals surface area contributed by atoms with Gasteiger partial charge in [-0.2, -0.15) is 4.52 Å². The Morgan fingerprint density at radius 1 is 1.19 bits per heavy atom. The van der Waals surface area contributed by atoms with Crippen LogP contribution >= 0.6 is 11.3 Å². The van der Waals surface area contributed by atoms with Crippen molar-refractivity contribution in [1.29, 1.82) is 0 Å². The smallest absolute Gasteiger partial charge is 0.230 e. The average Bonchev–Trinajstić information content (AvgIpc) is 3.16. The van der Waals surface area contributed by atoms with E-state index < -0.39 is 11.6 Å². The molecule has 1 aliphatic heterocycles. The van der Waals surface area contributed by atoms with Crippen LogP contribution in [0.15, 0.2) is 18.2 Å². The lowest BCUT2D eigenvalue weighted by atomic mass is 10.0. The van der Waals surface area contributed by atoms with Crippen molar-refractivity contribution in [2.75, 3.05) is 32.7 Å². The van der Waals surface area contributed by atoms with E-state index in [0.717, 1.165) is 38.8 Å². The second kappa shape index (κ2) is 7.14. The van der Waals surface area contributed by atoms with Gasteiger partial charge in [0.1, 0.15) is 5.82 Å². The summed E-state index contributed by atoms with van der Waals surface area (Å²) in [7, 11) is 0. The fourth-order valence-electron chi connectivity index (χ4n) is 3.57. The van der Waals surface area contributed by atoms with Crippen molar-refractivity contribution in [2.45, 2.75) is 19.9 Å². The Kier molecular flexibility index (Phi) is 4.83. The standard InChI is InChI=1S/C18H21F2N5OS/c1-3-23-6-8-24(9-7-23)15(12-4-5-13(19)14(20)10-12)16-17(26)25-18(27-16)21-11(2)22-25/h4-5,10,15,26H,3,6-9H2,1-2H3/t15-/m0/s1. The first-order valence-corrected chi connectivity index (χ1v) is 9.76. The van der Waals surface area contributed by atoms with Crippen LogP contribution in [0.25, 0.3) is 4.96 Å². The lowest BCUT2D eigenvalue weighted by Gasteiger charge is -2.38. The summed E-state index contributed by atoms with van der Waals surface area (Å²) in [5, 5.41) is 15.0. The minimum Gasteiger partial charge on any atom is -0.492 e. The van der Waals surface area contributed by atoms with Gasteiger partial charge >= 0.3 is 0 Å². The highest BCUT2D eigenvalue weighted by atomic mass is 32.1. The Hall–Kier alpha value is -2.10. The molecule has 4 rings (SSSR count). The Morgan fingerprint density at radius 3 is 2.56 bits per heavy atom. The van der Waals surface area contributed by atoms with Crippen LogP contribution in [0.1, 0.15) is 29.2 Å². The number of thiazole rings is 1. The average molecular weight is 393 g/mol. The molecule has 1 aromatic carbocycles. The van der Waals surface area contributed by atoms with E-state index in [9.17, 15) is 13.9 Å². The van der Waals surface area contributed by atoms with E-state index in [0.29, 0.717) is 21.2 Å². The predicted octanol–water partition coefficient (Wildman–Crippen LogP) is 2.81. The van der Waals surface area contributed by atoms with E-state index in [4.69, 9.17) is 0 Å². The molecule has 0 saturated carbocycles. The molecule has 3 heterocycles. The van der Waals surface area contributed by atoms with E-state index in [1.54, 1.807) is 13.0 Å². The molecule has 1 aliphatic rings. The van der Waals surface area contributed by atoms with Crippen LogP contribution in [0.3, 0.4) is 0 Å². The third-order valence-corrected chi connectivity index (χ3v) is 6.11. The quantitative estimate of drug-likeness (QED) is 0.739. The highest BCUT2D eigenvalue weighted by molar-refractivity contribution is 7.17. The second-order valence-electron chi connectivity index (χ2n) is 6.69. The van der Waals surface area contributed by atoms with Crippen molar-refractivity contribution >= 4 is 16.3 Å². The number of halogens is 2. The molecule has 27 heavy (non-hydrogen) atoms. The molecule has 1 N–H and O–H groups in total. The van der Waals surface area contributed by atoms with Gasteiger partial charge in [-0.25, -0.2) is 13.8 Å². The molecule has 2 aromatic heterocycles. The highest BCUT2D eigenvalue weighted by Crippen LogP contribution is 2.40. The molecule has 0 aliphatic carbocycles. The number of aromatic hydroxyl groups is 1. The monoisotopic (exact) mass is 393 g/mol. The minimum absolute atomic E-state index is 0.00301. The summed E-state index contributed by atoms with van der Waals surface area (Å²) in [5.74, 6) is -1.19. The summed E-state index contributed by atoms with van der Waals surface area (Å²) in [4.78, 5) is 10.1. The molecule has 3 aromatic rings. The number of nitrogens with zero attached hydrogens (tertiary/aromatic N) is 5. The molecular weight excluding hydrogens is 372 g/mol. The molecule has 144 valence electrons. The number of fused-ring (bicyclic) bond motifs is 1. The van der Waals surface area contributed by atoms with Gasteiger partial charge in [0, 0.05) is 26.2 Å². The van der Waals surface area contributed by atoms with Crippen LogP contribution in [0.4, 0.5) is 8.78 Å². The van der Waals surface area contributed by atoms with Gasteiger partial charge in [-0.15, -0.1) is 5.10 Å². The maximum Gasteiger partial charge on any atom is 0.230 e. The molecule has 0 radical (unpaired) electrons. The van der Waals surface area contributed by atoms with Crippen LogP contribution in [0.5, 0.6) is 5.88 Å². The fraction of sp³-hybridized carbons (Fsp3) is 0.444. The minimum atomic E-state index is -0.889. The molecule has 0 spiro atoms. The number of piperazine rings is 1. The topological polar surface area (TPSA) is 56.9 Å². The summed E-state index contributed by atoms with van der Waals surface area (Å²) in [5.41, 5.74) is 0.607. The highest BCUT2D eigenvalue weighted by Gasteiger charge is 2.31. The van der Waals surface area contributed by atoms with Crippen LogP contribution in [-0.4, -0.2) is 62.2 Å². The molecule has 0 bridgehead atoms. The zero-order chi connectivity index (χ0) is 19.1. The zero-order valence-corrected chi connectivity index (χ0v) is 16.0. The number of benzene rings is 1. The van der Waals surface area contributed by atoms with Crippen LogP contribution in [0, 0.1) is 18.6 Å². The molecule has 0 amide bonds. The van der Waals surface area contributed by atoms with Crippen molar-refractivity contribution in [3.05, 3.63) is 46.1 Å². The largest absolute Gasteiger partial charge is 0.492 e. The van der Waals surface area contributed by atoms with E-state index in [1.807, 2.05) is 0 Å². The van der Waals surface area contributed by atoms with Gasteiger partial charge in [-0.3, -0.25) is 4.90 Å². The normalized spacial score (nSPS) is 17.6. The van der Waals surface area contributed by atoms with Gasteiger partial charge < -0.3 is 10.0 Å². The number of rotatable bonds is 4. The van der Waals surface area contributed by atoms with Crippen molar-refractivity contribution in [3.63, 3.8) is 0 Å². The van der Waals surface area contributed by atoms with Gasteiger partial charge in [0.05, 0.1) is 10.9 Å². The van der Waals surface area contributed by atoms with E-state index >= 15 is 0 Å². The summed E-state index contributed by atoms with van der Waals surface area (Å²) in [6, 6.07) is 3.55. The zero-order valence-electron chi connectivity index (χ0n) is 15.2. The van der Waals surface area contributed by atoms with E-state index in [1.165, 1.54) is 21.9 Å². The van der Waals surface area contributed by atoms with Gasteiger partial charge in [0.15, 0.2) is 11.6 Å². The van der Waals surface area contributed by atoms with Crippen molar-refractivity contribution in [3.8, 4) is 5.88 Å². The SMILES string of the molecule is CCN1CCN([C@@H](c2ccc(F)c(F)c2)c2sc3nc(C)nn3c2O)CC1. The van der Waals surface area contributed by atoms with E-state index in [2.05, 4.69) is 26.8 Å². The maximum absolute atomic E-state index is 13.9. The Morgan fingerprint density at radius 2 is 1.93 bits per heavy atom. The van der Waals surface area contributed by atoms with Crippen LogP contribution < -0.4 is 0 Å². The van der Waals surface area contributed by atoms with Gasteiger partial charge in [-0.1, -0.05) is 24.3 Å². The molecular formula is C18H21F2N5OS. The van der Waals surface area contributed by atoms with Crippen molar-refractivity contribution < 1.29 is 13.9 Å². The van der Waals surface area contributed by atoms with Crippen molar-refractivity contribution in [1.82, 2.24) is 24.4 Å².